The number of hydrogen-bond acceptors (Lipinski definition) is 7. The highest BCUT2D eigenvalue weighted by Crippen LogP contribution is 2.11. The highest BCUT2D eigenvalue weighted by molar-refractivity contribution is 7.87. The minimum Gasteiger partial charge on any atom is -0.379 e. The molecular formula is C18H34O8S. The van der Waals surface area contributed by atoms with Gasteiger partial charge in [-0.1, -0.05) is 27.2 Å². The van der Waals surface area contributed by atoms with Crippen molar-refractivity contribution in [3.63, 3.8) is 0 Å². The van der Waals surface area contributed by atoms with Crippen LogP contribution in [0.4, 0.5) is 0 Å². The van der Waals surface area contributed by atoms with Gasteiger partial charge in [0, 0.05) is 25.4 Å². The zero-order valence-corrected chi connectivity index (χ0v) is 17.5. The van der Waals surface area contributed by atoms with Crippen LogP contribution < -0.4 is 0 Å². The Hall–Kier alpha value is -0.870. The Kier molecular flexibility index (Phi) is 14.6. The second-order valence-electron chi connectivity index (χ2n) is 6.57. The molecule has 0 spiro atoms. The van der Waals surface area contributed by atoms with Crippen molar-refractivity contribution in [3.8, 4) is 0 Å². The van der Waals surface area contributed by atoms with Gasteiger partial charge in [0.2, 0.25) is 0 Å². The number of carbonyl (C=O) groups is 2. The van der Waals surface area contributed by atoms with E-state index >= 15 is 0 Å². The van der Waals surface area contributed by atoms with Crippen molar-refractivity contribution < 1.29 is 36.8 Å². The van der Waals surface area contributed by atoms with Gasteiger partial charge in [0.25, 0.3) is 10.1 Å². The van der Waals surface area contributed by atoms with Crippen LogP contribution in [0.1, 0.15) is 52.9 Å². The third-order valence-corrected chi connectivity index (χ3v) is 5.08. The van der Waals surface area contributed by atoms with E-state index in [4.69, 9.17) is 18.8 Å². The van der Waals surface area contributed by atoms with Crippen LogP contribution in [0.25, 0.3) is 0 Å². The van der Waals surface area contributed by atoms with Crippen LogP contribution in [0.2, 0.25) is 0 Å². The predicted molar refractivity (Wildman–Crippen MR) is 101 cm³/mol. The number of Topliss-reactive ketones (excluding diaryl/α,β-unsaturated/α-hetero) is 2. The van der Waals surface area contributed by atoms with E-state index in [9.17, 15) is 18.0 Å². The quantitative estimate of drug-likeness (QED) is 0.270. The summed E-state index contributed by atoms with van der Waals surface area (Å²) in [6, 6.07) is 0. The van der Waals surface area contributed by atoms with Crippen LogP contribution >= 0.6 is 0 Å². The van der Waals surface area contributed by atoms with Gasteiger partial charge in [0.15, 0.2) is 5.78 Å². The maximum absolute atomic E-state index is 11.9. The lowest BCUT2D eigenvalue weighted by molar-refractivity contribution is -0.123. The number of ketones is 2. The predicted octanol–water partition coefficient (Wildman–Crippen LogP) is 2.06. The summed E-state index contributed by atoms with van der Waals surface area (Å²) in [5.41, 5.74) is 0. The molecule has 0 aliphatic carbocycles. The molecule has 1 atom stereocenters. The lowest BCUT2D eigenvalue weighted by Gasteiger charge is -2.11. The van der Waals surface area contributed by atoms with E-state index in [0.29, 0.717) is 58.9 Å². The van der Waals surface area contributed by atoms with Gasteiger partial charge in [0.05, 0.1) is 33.0 Å². The van der Waals surface area contributed by atoms with Crippen molar-refractivity contribution in [3.05, 3.63) is 0 Å². The topological polar surface area (TPSA) is 116 Å². The maximum Gasteiger partial charge on any atom is 0.274 e. The van der Waals surface area contributed by atoms with Crippen molar-refractivity contribution in [2.75, 3.05) is 39.6 Å². The van der Waals surface area contributed by atoms with Gasteiger partial charge in [-0.2, -0.15) is 8.42 Å². The van der Waals surface area contributed by atoms with Crippen LogP contribution in [0, 0.1) is 5.92 Å². The first-order valence-corrected chi connectivity index (χ1v) is 10.9. The van der Waals surface area contributed by atoms with E-state index in [1.54, 1.807) is 6.92 Å². The van der Waals surface area contributed by atoms with Gasteiger partial charge in [-0.15, -0.1) is 0 Å². The van der Waals surface area contributed by atoms with Gasteiger partial charge >= 0.3 is 0 Å². The molecule has 0 amide bonds. The van der Waals surface area contributed by atoms with Gasteiger partial charge in [-0.05, 0) is 12.8 Å². The maximum atomic E-state index is 11.9. The molecule has 0 fully saturated rings. The molecule has 0 aliphatic rings. The first-order valence-electron chi connectivity index (χ1n) is 9.45. The van der Waals surface area contributed by atoms with Crippen molar-refractivity contribution >= 4 is 21.7 Å². The van der Waals surface area contributed by atoms with E-state index in [1.165, 1.54) is 0 Å². The molecule has 1 N–H and O–H groups in total. The Morgan fingerprint density at radius 2 is 1.37 bits per heavy atom. The smallest absolute Gasteiger partial charge is 0.274 e. The zero-order valence-electron chi connectivity index (χ0n) is 16.6. The summed E-state index contributed by atoms with van der Waals surface area (Å²) < 4.78 is 47.4. The van der Waals surface area contributed by atoms with Crippen LogP contribution in [-0.4, -0.2) is 69.4 Å². The third kappa shape index (κ3) is 13.9. The molecule has 0 bridgehead atoms. The number of ether oxygens (including phenoxy) is 3. The molecule has 0 heterocycles. The first-order chi connectivity index (χ1) is 12.7. The lowest BCUT2D eigenvalue weighted by Crippen LogP contribution is -2.30. The molecule has 0 saturated carbocycles. The molecule has 0 aliphatic heterocycles. The molecule has 0 saturated heterocycles. The fourth-order valence-electron chi connectivity index (χ4n) is 2.25. The van der Waals surface area contributed by atoms with Gasteiger partial charge < -0.3 is 14.2 Å². The fraction of sp³-hybridized carbons (Fsp3) is 0.889. The molecule has 8 nitrogen and oxygen atoms in total. The molecule has 1 unspecified atom stereocenters. The lowest BCUT2D eigenvalue weighted by atomic mass is 10.1. The number of carbonyl (C=O) groups excluding carboxylic acids is 2. The Bertz CT molecular complexity index is 515. The van der Waals surface area contributed by atoms with Crippen molar-refractivity contribution in [1.82, 2.24) is 0 Å². The van der Waals surface area contributed by atoms with E-state index in [2.05, 4.69) is 0 Å². The number of rotatable bonds is 18. The van der Waals surface area contributed by atoms with Crippen molar-refractivity contribution in [2.45, 2.75) is 58.1 Å². The largest absolute Gasteiger partial charge is 0.379 e. The number of hydrogen-bond donors (Lipinski definition) is 1. The van der Waals surface area contributed by atoms with Crippen LogP contribution in [-0.2, 0) is 33.9 Å². The highest BCUT2D eigenvalue weighted by Gasteiger charge is 2.29. The van der Waals surface area contributed by atoms with Gasteiger partial charge in [0.1, 0.15) is 11.0 Å². The normalized spacial score (nSPS) is 13.1. The Morgan fingerprint density at radius 3 is 1.85 bits per heavy atom. The van der Waals surface area contributed by atoms with Gasteiger partial charge in [-0.3, -0.25) is 14.1 Å². The van der Waals surface area contributed by atoms with Crippen LogP contribution in [0.3, 0.4) is 0 Å². The van der Waals surface area contributed by atoms with E-state index in [-0.39, 0.29) is 24.5 Å². The summed E-state index contributed by atoms with van der Waals surface area (Å²) in [4.78, 5) is 23.2. The zero-order chi connectivity index (χ0) is 20.7. The Morgan fingerprint density at radius 1 is 0.852 bits per heavy atom. The summed E-state index contributed by atoms with van der Waals surface area (Å²) >= 11 is 0. The van der Waals surface area contributed by atoms with Crippen LogP contribution in [0.5, 0.6) is 0 Å². The van der Waals surface area contributed by atoms with E-state index < -0.39 is 21.2 Å². The molecule has 0 aromatic carbocycles. The Balaban J connectivity index is 3.57. The monoisotopic (exact) mass is 410 g/mol. The fourth-order valence-corrected chi connectivity index (χ4v) is 3.23. The van der Waals surface area contributed by atoms with Crippen molar-refractivity contribution in [1.29, 1.82) is 0 Å². The average molecular weight is 411 g/mol. The standard InChI is InChI=1S/C18H34O8S/c1-4-6-18(27(21,22)23)17(20)7-5-9-24-11-13-26-14-12-25-10-8-16(19)15(2)3/h15,18H,4-14H2,1-3H3,(H,21,22,23). The molecule has 9 heteroatoms. The molecule has 160 valence electrons. The minimum absolute atomic E-state index is 0.0304. The third-order valence-electron chi connectivity index (χ3n) is 3.86. The molecular weight excluding hydrogens is 376 g/mol. The Labute approximate surface area is 162 Å². The first kappa shape index (κ1) is 26.1. The summed E-state index contributed by atoms with van der Waals surface area (Å²) in [5, 5.41) is -1.33. The summed E-state index contributed by atoms with van der Waals surface area (Å²) in [6.07, 6.45) is 1.48. The highest BCUT2D eigenvalue weighted by atomic mass is 32.2. The second kappa shape index (κ2) is 15.1. The molecule has 27 heavy (non-hydrogen) atoms. The van der Waals surface area contributed by atoms with E-state index in [1.807, 2.05) is 13.8 Å². The molecule has 0 radical (unpaired) electrons. The second-order valence-corrected chi connectivity index (χ2v) is 8.17. The molecule has 0 rings (SSSR count). The van der Waals surface area contributed by atoms with Gasteiger partial charge in [-0.25, -0.2) is 0 Å². The summed E-state index contributed by atoms with van der Waals surface area (Å²) in [7, 11) is -4.34. The molecule has 0 aromatic heterocycles. The van der Waals surface area contributed by atoms with Crippen LogP contribution in [0.15, 0.2) is 0 Å². The van der Waals surface area contributed by atoms with Crippen molar-refractivity contribution in [2.24, 2.45) is 5.92 Å². The molecule has 0 aromatic rings. The summed E-state index contributed by atoms with van der Waals surface area (Å²) in [5.74, 6) is -0.268. The summed E-state index contributed by atoms with van der Waals surface area (Å²) in [6.45, 7) is 7.74. The minimum atomic E-state index is -4.34. The van der Waals surface area contributed by atoms with E-state index in [0.717, 1.165) is 0 Å². The SMILES string of the molecule is CCCC(C(=O)CCCOCCOCCOCCC(=O)C(C)C)S(=O)(=O)O. The average Bonchev–Trinajstić information content (AvgIpc) is 2.58.